The Morgan fingerprint density at radius 2 is 0.705 bits per heavy atom. The van der Waals surface area contributed by atoms with Crippen molar-refractivity contribution in [1.82, 2.24) is 9.13 Å². The molecular weight excluding hydrogens is 1060 g/mol. The Labute approximate surface area is 518 Å². The van der Waals surface area contributed by atoms with Gasteiger partial charge in [0.25, 0.3) is 0 Å². The van der Waals surface area contributed by atoms with Crippen LogP contribution in [0.15, 0.2) is 206 Å². The third kappa shape index (κ3) is 8.91. The molecule has 4 heteroatoms. The van der Waals surface area contributed by atoms with Crippen LogP contribution in [-0.2, 0) is 51.4 Å². The predicted molar refractivity (Wildman–Crippen MR) is 377 cm³/mol. The van der Waals surface area contributed by atoms with Gasteiger partial charge in [-0.05, 0) is 240 Å². The summed E-state index contributed by atoms with van der Waals surface area (Å²) in [5.74, 6) is 0. The summed E-state index contributed by atoms with van der Waals surface area (Å²) in [7, 11) is 0. The minimum atomic E-state index is 0.985. The Kier molecular flexibility index (Phi) is 13.9. The van der Waals surface area contributed by atoms with Gasteiger partial charge in [0.1, 0.15) is 0 Å². The molecule has 0 fully saturated rings. The molecule has 0 N–H and O–H groups in total. The van der Waals surface area contributed by atoms with Crippen molar-refractivity contribution >= 4 is 110 Å². The molecule has 0 saturated heterocycles. The fraction of sp³-hybridized carbons (Fsp3) is 0.238. The molecule has 0 saturated carbocycles. The quantitative estimate of drug-likeness (QED) is 0.0897. The molecule has 4 nitrogen and oxygen atoms in total. The van der Waals surface area contributed by atoms with Gasteiger partial charge in [-0.3, -0.25) is 0 Å². The molecule has 0 aliphatic heterocycles. The van der Waals surface area contributed by atoms with E-state index < -0.39 is 0 Å². The van der Waals surface area contributed by atoms with E-state index in [-0.39, 0.29) is 0 Å². The first-order chi connectivity index (χ1) is 43.5. The van der Waals surface area contributed by atoms with Gasteiger partial charge in [-0.1, -0.05) is 163 Å². The highest BCUT2D eigenvalue weighted by Crippen LogP contribution is 2.53. The molecule has 2 aromatic heterocycles. The normalized spacial score (nSPS) is 13.5. The third-order valence-electron chi connectivity index (χ3n) is 20.1. The minimum absolute atomic E-state index is 0.985. The maximum Gasteiger partial charge on any atom is 0.0543 e. The van der Waals surface area contributed by atoms with E-state index in [0.29, 0.717) is 0 Å². The lowest BCUT2D eigenvalue weighted by molar-refractivity contribution is 0.686. The molecule has 2 heterocycles. The van der Waals surface area contributed by atoms with Gasteiger partial charge in [-0.15, -0.1) is 0 Å². The summed E-state index contributed by atoms with van der Waals surface area (Å²) in [5.41, 5.74) is 26.4. The van der Waals surface area contributed by atoms with Crippen LogP contribution in [-0.4, -0.2) is 9.13 Å². The molecule has 88 heavy (non-hydrogen) atoms. The molecule has 2 aliphatic rings. The summed E-state index contributed by atoms with van der Waals surface area (Å²) in [4.78, 5) is 5.39. The summed E-state index contributed by atoms with van der Waals surface area (Å²) in [5, 5.41) is 13.2. The number of hydrogen-bond donors (Lipinski definition) is 0. The number of hydrogen-bond acceptors (Lipinski definition) is 2. The highest BCUT2D eigenvalue weighted by Gasteiger charge is 2.29. The van der Waals surface area contributed by atoms with Gasteiger partial charge in [-0.2, -0.15) is 0 Å². The maximum absolute atomic E-state index is 2.70. The fourth-order valence-corrected chi connectivity index (χ4v) is 16.1. The molecule has 0 amide bonds. The van der Waals surface area contributed by atoms with Crippen LogP contribution in [0, 0.1) is 0 Å². The van der Waals surface area contributed by atoms with Crippen LogP contribution in [0.1, 0.15) is 124 Å². The van der Waals surface area contributed by atoms with Gasteiger partial charge in [0.05, 0.1) is 33.4 Å². The third-order valence-corrected chi connectivity index (χ3v) is 20.1. The smallest absolute Gasteiger partial charge is 0.0543 e. The van der Waals surface area contributed by atoms with Crippen LogP contribution in [0.2, 0.25) is 0 Å². The molecule has 434 valence electrons. The van der Waals surface area contributed by atoms with E-state index >= 15 is 0 Å². The van der Waals surface area contributed by atoms with Crippen LogP contribution < -0.4 is 9.80 Å². The molecule has 2 aliphatic carbocycles. The standard InChI is InChI=1S/C84H78N4/c1-5-19-55-35-39-61(40-36-55)85-77-31-15-13-29-69(77)73-53-63(43-49-79(73)85)87(75-33-17-25-57-23-9-11-27-65(57)75)81-51-59(21-7-3)67-46-48-72-82(52-60(22-8-4)68-45-47-71(81)83(67)84(68)72)88(76-34-18-26-58-24-10-12-28-66(58)76)64-44-50-80-74(54-64)70-30-14-16-32-78(70)86(80)62-41-37-56(20-6-2)38-42-62/h13-18,25-26,29-54H,5-12,19-24,27-28H2,1-4H3. The SMILES string of the molecule is CCCc1ccc(-n2c3ccccc3c3cc(N(c4cccc5c4CCCC5)c4cc(CCC)c5ccc6c(N(c7ccc8c(c7)c7ccccc7n8-c7ccc(CCC)cc7)c7cccc8c7CCCC8)cc(CCC)c7ccc4c5c76)ccc32)cc1. The number of para-hydroxylation sites is 2. The Hall–Kier alpha value is -9.12. The van der Waals surface area contributed by atoms with Gasteiger partial charge >= 0.3 is 0 Å². The fourth-order valence-electron chi connectivity index (χ4n) is 16.1. The molecule has 0 spiro atoms. The zero-order valence-corrected chi connectivity index (χ0v) is 51.7. The molecule has 0 atom stereocenters. The molecular formula is C84H78N4. The van der Waals surface area contributed by atoms with E-state index in [1.165, 1.54) is 192 Å². The number of nitrogens with zero attached hydrogens (tertiary/aromatic N) is 4. The second kappa shape index (κ2) is 22.5. The lowest BCUT2D eigenvalue weighted by Gasteiger charge is -2.33. The van der Waals surface area contributed by atoms with E-state index in [9.17, 15) is 0 Å². The summed E-state index contributed by atoms with van der Waals surface area (Å²) in [6.07, 6.45) is 17.8. The molecule has 0 unspecified atom stereocenters. The van der Waals surface area contributed by atoms with Crippen molar-refractivity contribution in [1.29, 1.82) is 0 Å². The minimum Gasteiger partial charge on any atom is -0.310 e. The Bertz CT molecular complexity index is 4660. The van der Waals surface area contributed by atoms with Crippen molar-refractivity contribution in [3.8, 4) is 11.4 Å². The van der Waals surface area contributed by atoms with E-state index in [1.807, 2.05) is 0 Å². The number of benzene rings is 12. The summed E-state index contributed by atoms with van der Waals surface area (Å²) >= 11 is 0. The zero-order valence-electron chi connectivity index (χ0n) is 51.7. The second-order valence-corrected chi connectivity index (χ2v) is 25.5. The number of aromatic nitrogens is 2. The van der Waals surface area contributed by atoms with Crippen molar-refractivity contribution in [2.24, 2.45) is 0 Å². The Morgan fingerprint density at radius 3 is 1.14 bits per heavy atom. The summed E-state index contributed by atoms with van der Waals surface area (Å²) in [6.45, 7) is 9.25. The second-order valence-electron chi connectivity index (χ2n) is 25.5. The molecule has 16 rings (SSSR count). The molecule has 12 aromatic carbocycles. The lowest BCUT2D eigenvalue weighted by Crippen LogP contribution is -2.17. The van der Waals surface area contributed by atoms with E-state index in [2.05, 4.69) is 253 Å². The van der Waals surface area contributed by atoms with E-state index in [4.69, 9.17) is 0 Å². The van der Waals surface area contributed by atoms with E-state index in [1.54, 1.807) is 0 Å². The molecule has 0 bridgehead atoms. The molecule has 0 radical (unpaired) electrons. The Morgan fingerprint density at radius 1 is 0.307 bits per heavy atom. The van der Waals surface area contributed by atoms with Crippen molar-refractivity contribution in [3.63, 3.8) is 0 Å². The summed E-state index contributed by atoms with van der Waals surface area (Å²) < 4.78 is 4.97. The van der Waals surface area contributed by atoms with Gasteiger partial charge in [-0.25, -0.2) is 0 Å². The first-order valence-electron chi connectivity index (χ1n) is 33.3. The summed E-state index contributed by atoms with van der Waals surface area (Å²) in [6, 6.07) is 81.0. The van der Waals surface area contributed by atoms with Crippen molar-refractivity contribution in [3.05, 3.63) is 251 Å². The van der Waals surface area contributed by atoms with Crippen LogP contribution in [0.4, 0.5) is 34.1 Å². The first-order valence-corrected chi connectivity index (χ1v) is 33.3. The van der Waals surface area contributed by atoms with Crippen LogP contribution in [0.25, 0.3) is 87.3 Å². The van der Waals surface area contributed by atoms with Crippen molar-refractivity contribution in [2.75, 3.05) is 9.80 Å². The van der Waals surface area contributed by atoms with Gasteiger partial charge in [0.2, 0.25) is 0 Å². The monoisotopic (exact) mass is 1140 g/mol. The number of fused-ring (bicyclic) bond motifs is 8. The highest BCUT2D eigenvalue weighted by molar-refractivity contribution is 6.29. The maximum atomic E-state index is 2.70. The van der Waals surface area contributed by atoms with Crippen LogP contribution in [0.3, 0.4) is 0 Å². The van der Waals surface area contributed by atoms with Crippen molar-refractivity contribution < 1.29 is 0 Å². The van der Waals surface area contributed by atoms with E-state index in [0.717, 1.165) is 77.0 Å². The molecule has 14 aromatic rings. The van der Waals surface area contributed by atoms with Crippen molar-refractivity contribution in [2.45, 2.75) is 130 Å². The first kappa shape index (κ1) is 54.3. The Balaban J connectivity index is 0.958. The topological polar surface area (TPSA) is 16.3 Å². The number of aryl methyl sites for hydroxylation is 6. The lowest BCUT2D eigenvalue weighted by atomic mass is 9.85. The highest BCUT2D eigenvalue weighted by atomic mass is 15.2. The number of anilines is 6. The van der Waals surface area contributed by atoms with Crippen LogP contribution in [0.5, 0.6) is 0 Å². The van der Waals surface area contributed by atoms with Crippen LogP contribution >= 0.6 is 0 Å². The average molecular weight is 1140 g/mol. The van der Waals surface area contributed by atoms with Gasteiger partial charge in [0.15, 0.2) is 0 Å². The van der Waals surface area contributed by atoms with Gasteiger partial charge in [0, 0.05) is 66.4 Å². The average Bonchev–Trinajstić information content (AvgIpc) is 0.899. The number of rotatable bonds is 16. The van der Waals surface area contributed by atoms with Gasteiger partial charge < -0.3 is 18.9 Å². The predicted octanol–water partition coefficient (Wildman–Crippen LogP) is 23.3. The zero-order chi connectivity index (χ0) is 59.0. The largest absolute Gasteiger partial charge is 0.310 e.